The minimum Gasteiger partial charge on any atom is -0.466 e. The summed E-state index contributed by atoms with van der Waals surface area (Å²) < 4.78 is 68.1. The molecule has 0 aliphatic heterocycles. The number of rotatable bonds is 4. The molecule has 0 unspecified atom stereocenters. The third-order valence-corrected chi connectivity index (χ3v) is 2.54. The van der Waals surface area contributed by atoms with E-state index in [2.05, 4.69) is 9.72 Å². The number of nitrogens with zero attached hydrogens (tertiary/aromatic N) is 1. The molecule has 0 atom stereocenters. The van der Waals surface area contributed by atoms with Crippen LogP contribution in [0.1, 0.15) is 35.9 Å². The van der Waals surface area contributed by atoms with E-state index in [1.165, 1.54) is 6.92 Å². The van der Waals surface area contributed by atoms with E-state index in [0.717, 1.165) is 6.92 Å². The van der Waals surface area contributed by atoms with Gasteiger partial charge in [-0.25, -0.2) is 8.78 Å². The van der Waals surface area contributed by atoms with Crippen LogP contribution < -0.4 is 0 Å². The predicted molar refractivity (Wildman–Crippen MR) is 59.3 cm³/mol. The summed E-state index contributed by atoms with van der Waals surface area (Å²) in [4.78, 5) is 14.7. The summed E-state index contributed by atoms with van der Waals surface area (Å²) in [6.45, 7) is 2.65. The summed E-state index contributed by atoms with van der Waals surface area (Å²) in [7, 11) is 0. The Balaban J connectivity index is 3.28. The molecule has 0 aromatic carbocycles. The number of halogens is 5. The Kier molecular flexibility index (Phi) is 5.02. The average Bonchev–Trinajstić information content (AvgIpc) is 2.30. The molecule has 3 nitrogen and oxygen atoms in total. The van der Waals surface area contributed by atoms with Crippen molar-refractivity contribution < 1.29 is 31.5 Å². The lowest BCUT2D eigenvalue weighted by Crippen LogP contribution is -2.16. The molecular weight excluding hydrogens is 285 g/mol. The summed E-state index contributed by atoms with van der Waals surface area (Å²) in [6, 6.07) is 0.300. The minimum atomic E-state index is -4.79. The Labute approximate surface area is 111 Å². The van der Waals surface area contributed by atoms with Crippen molar-refractivity contribution >= 4 is 5.97 Å². The van der Waals surface area contributed by atoms with Gasteiger partial charge in [0.1, 0.15) is 5.69 Å². The van der Waals surface area contributed by atoms with E-state index in [4.69, 9.17) is 0 Å². The number of ether oxygens (including phenoxy) is 1. The highest BCUT2D eigenvalue weighted by Crippen LogP contribution is 2.35. The molecular formula is C12H12F5NO2. The molecule has 1 aromatic heterocycles. The number of pyridine rings is 1. The van der Waals surface area contributed by atoms with Crippen LogP contribution in [0.25, 0.3) is 0 Å². The van der Waals surface area contributed by atoms with Crippen LogP contribution in [0.3, 0.4) is 0 Å². The smallest absolute Gasteiger partial charge is 0.416 e. The van der Waals surface area contributed by atoms with Gasteiger partial charge in [-0.2, -0.15) is 13.2 Å². The molecule has 0 aliphatic rings. The second-order valence-electron chi connectivity index (χ2n) is 3.95. The van der Waals surface area contributed by atoms with Crippen molar-refractivity contribution in [3.05, 3.63) is 28.6 Å². The molecule has 0 fully saturated rings. The number of esters is 1. The van der Waals surface area contributed by atoms with E-state index in [0.29, 0.717) is 6.07 Å². The first-order valence-corrected chi connectivity index (χ1v) is 5.68. The maximum absolute atomic E-state index is 12.8. The van der Waals surface area contributed by atoms with Crippen LogP contribution in [0.2, 0.25) is 0 Å². The SMILES string of the molecule is CCOC(=O)Cc1nc(C(F)F)cc(C(F)(F)F)c1C. The van der Waals surface area contributed by atoms with E-state index in [9.17, 15) is 26.7 Å². The predicted octanol–water partition coefficient (Wildman–Crippen LogP) is 3.45. The molecule has 0 radical (unpaired) electrons. The summed E-state index contributed by atoms with van der Waals surface area (Å²) in [5.41, 5.74) is -2.94. The third-order valence-electron chi connectivity index (χ3n) is 2.54. The Bertz CT molecular complexity index is 499. The summed E-state index contributed by atoms with van der Waals surface area (Å²) in [5.74, 6) is -0.817. The van der Waals surface area contributed by atoms with E-state index in [1.54, 1.807) is 0 Å². The number of carbonyl (C=O) groups excluding carboxylic acids is 1. The Morgan fingerprint density at radius 3 is 2.45 bits per heavy atom. The number of carbonyl (C=O) groups is 1. The molecule has 0 saturated heterocycles. The zero-order valence-electron chi connectivity index (χ0n) is 10.7. The lowest BCUT2D eigenvalue weighted by atomic mass is 10.0. The number of hydrogen-bond donors (Lipinski definition) is 0. The molecule has 0 bridgehead atoms. The molecule has 1 rings (SSSR count). The largest absolute Gasteiger partial charge is 0.466 e. The molecule has 0 spiro atoms. The zero-order valence-corrected chi connectivity index (χ0v) is 10.7. The molecule has 1 heterocycles. The molecule has 0 aliphatic carbocycles. The summed E-state index contributed by atoms with van der Waals surface area (Å²) in [5, 5.41) is 0. The maximum atomic E-state index is 12.8. The monoisotopic (exact) mass is 297 g/mol. The molecule has 8 heteroatoms. The first-order valence-electron chi connectivity index (χ1n) is 5.68. The van der Waals surface area contributed by atoms with Gasteiger partial charge in [0.2, 0.25) is 0 Å². The quantitative estimate of drug-likeness (QED) is 0.631. The van der Waals surface area contributed by atoms with Crippen molar-refractivity contribution in [2.45, 2.75) is 32.9 Å². The van der Waals surface area contributed by atoms with E-state index in [-0.39, 0.29) is 17.9 Å². The highest BCUT2D eigenvalue weighted by atomic mass is 19.4. The van der Waals surface area contributed by atoms with Gasteiger partial charge in [0.05, 0.1) is 24.3 Å². The van der Waals surface area contributed by atoms with Gasteiger partial charge in [-0.1, -0.05) is 0 Å². The molecule has 1 aromatic rings. The van der Waals surface area contributed by atoms with Gasteiger partial charge in [-0.05, 0) is 25.5 Å². The van der Waals surface area contributed by atoms with Gasteiger partial charge < -0.3 is 4.74 Å². The van der Waals surface area contributed by atoms with E-state index >= 15 is 0 Å². The maximum Gasteiger partial charge on any atom is 0.416 e. The van der Waals surface area contributed by atoms with Crippen molar-refractivity contribution in [2.24, 2.45) is 0 Å². The second-order valence-corrected chi connectivity index (χ2v) is 3.95. The number of aromatic nitrogens is 1. The van der Waals surface area contributed by atoms with Gasteiger partial charge in [0, 0.05) is 0 Å². The van der Waals surface area contributed by atoms with Crippen LogP contribution in [-0.2, 0) is 22.1 Å². The van der Waals surface area contributed by atoms with Gasteiger partial charge in [0.15, 0.2) is 0 Å². The van der Waals surface area contributed by atoms with Crippen LogP contribution in [0.15, 0.2) is 6.07 Å². The second kappa shape index (κ2) is 6.15. The van der Waals surface area contributed by atoms with Gasteiger partial charge >= 0.3 is 12.1 Å². The zero-order chi connectivity index (χ0) is 15.5. The van der Waals surface area contributed by atoms with Crippen molar-refractivity contribution in [3.8, 4) is 0 Å². The fourth-order valence-corrected chi connectivity index (χ4v) is 1.61. The summed E-state index contributed by atoms with van der Waals surface area (Å²) >= 11 is 0. The Morgan fingerprint density at radius 2 is 2.00 bits per heavy atom. The average molecular weight is 297 g/mol. The van der Waals surface area contributed by atoms with Crippen LogP contribution >= 0.6 is 0 Å². The normalized spacial score (nSPS) is 11.8. The molecule has 20 heavy (non-hydrogen) atoms. The topological polar surface area (TPSA) is 39.2 Å². The summed E-state index contributed by atoms with van der Waals surface area (Å²) in [6.07, 6.45) is -8.53. The van der Waals surface area contributed by atoms with Crippen LogP contribution in [0.4, 0.5) is 22.0 Å². The van der Waals surface area contributed by atoms with Crippen molar-refractivity contribution in [1.29, 1.82) is 0 Å². The standard InChI is InChI=1S/C12H12F5NO2/c1-3-20-10(19)5-8-6(2)7(12(15,16)17)4-9(18-8)11(13)14/h4,11H,3,5H2,1-2H3. The fraction of sp³-hybridized carbons (Fsp3) is 0.500. The van der Waals surface area contributed by atoms with Crippen molar-refractivity contribution in [2.75, 3.05) is 6.61 Å². The number of alkyl halides is 5. The van der Waals surface area contributed by atoms with Gasteiger partial charge in [-0.3, -0.25) is 9.78 Å². The van der Waals surface area contributed by atoms with Gasteiger partial charge in [0.25, 0.3) is 6.43 Å². The molecule has 0 amide bonds. The molecule has 112 valence electrons. The first-order chi connectivity index (χ1) is 9.16. The Hall–Kier alpha value is -1.73. The van der Waals surface area contributed by atoms with E-state index < -0.39 is 36.2 Å². The van der Waals surface area contributed by atoms with Crippen LogP contribution in [0.5, 0.6) is 0 Å². The highest BCUT2D eigenvalue weighted by molar-refractivity contribution is 5.72. The van der Waals surface area contributed by atoms with Crippen LogP contribution in [0, 0.1) is 6.92 Å². The third kappa shape index (κ3) is 3.88. The first kappa shape index (κ1) is 16.3. The number of hydrogen-bond acceptors (Lipinski definition) is 3. The Morgan fingerprint density at radius 1 is 1.40 bits per heavy atom. The van der Waals surface area contributed by atoms with Crippen LogP contribution in [-0.4, -0.2) is 17.6 Å². The fourth-order valence-electron chi connectivity index (χ4n) is 1.61. The molecule has 0 N–H and O–H groups in total. The lowest BCUT2D eigenvalue weighted by Gasteiger charge is -2.15. The van der Waals surface area contributed by atoms with Crippen molar-refractivity contribution in [1.82, 2.24) is 4.98 Å². The highest BCUT2D eigenvalue weighted by Gasteiger charge is 2.35. The van der Waals surface area contributed by atoms with Crippen molar-refractivity contribution in [3.63, 3.8) is 0 Å². The minimum absolute atomic E-state index is 0.0402. The van der Waals surface area contributed by atoms with Gasteiger partial charge in [-0.15, -0.1) is 0 Å². The van der Waals surface area contributed by atoms with E-state index in [1.807, 2.05) is 0 Å². The molecule has 0 saturated carbocycles. The lowest BCUT2D eigenvalue weighted by molar-refractivity contribution is -0.143.